The van der Waals surface area contributed by atoms with E-state index in [4.69, 9.17) is 14.2 Å². The Morgan fingerprint density at radius 3 is 2.26 bits per heavy atom. The van der Waals surface area contributed by atoms with Crippen LogP contribution in [0.15, 0.2) is 24.3 Å². The Labute approximate surface area is 225 Å². The van der Waals surface area contributed by atoms with Gasteiger partial charge in [-0.1, -0.05) is 24.3 Å². The molecule has 0 unspecified atom stereocenters. The van der Waals surface area contributed by atoms with Crippen LogP contribution in [0.1, 0.15) is 75.8 Å². The summed E-state index contributed by atoms with van der Waals surface area (Å²) in [5.41, 5.74) is -1.28. The van der Waals surface area contributed by atoms with Gasteiger partial charge in [-0.2, -0.15) is 0 Å². The molecule has 0 radical (unpaired) electrons. The number of hydrogen-bond acceptors (Lipinski definition) is 10. The van der Waals surface area contributed by atoms with Gasteiger partial charge in [-0.25, -0.2) is 0 Å². The molecule has 39 heavy (non-hydrogen) atoms. The lowest BCUT2D eigenvalue weighted by Crippen LogP contribution is -2.59. The number of aromatic hydroxyl groups is 2. The first-order valence-electron chi connectivity index (χ1n) is 13.4. The predicted molar refractivity (Wildman–Crippen MR) is 137 cm³/mol. The molecule has 10 heteroatoms. The zero-order chi connectivity index (χ0) is 27.6. The minimum Gasteiger partial charge on any atom is -0.507 e. The molecular formula is C29H33NO9. The molecule has 6 rings (SSSR count). The van der Waals surface area contributed by atoms with Crippen LogP contribution in [0, 0.1) is 0 Å². The zero-order valence-electron chi connectivity index (χ0n) is 21.9. The SMILES string of the molecule is C[C@@H]1O[C@@H](O[C@H]2C[C@@](C)(O)Cc3c(O)c4c(c(O)c32)C(=O)c2ccccc2C4=O)C[C@H](O)[C@@H]1N1CCOCC1. The first-order valence-corrected chi connectivity index (χ1v) is 13.4. The van der Waals surface area contributed by atoms with Crippen molar-refractivity contribution < 1.29 is 44.2 Å². The van der Waals surface area contributed by atoms with Crippen molar-refractivity contribution in [2.24, 2.45) is 0 Å². The fraction of sp³-hybridized carbons (Fsp3) is 0.517. The quantitative estimate of drug-likeness (QED) is 0.364. The maximum atomic E-state index is 13.4. The Hall–Kier alpha value is -2.86. The summed E-state index contributed by atoms with van der Waals surface area (Å²) in [6.45, 7) is 6.00. The van der Waals surface area contributed by atoms with Crippen molar-refractivity contribution in [3.05, 3.63) is 57.6 Å². The Kier molecular flexibility index (Phi) is 6.53. The molecule has 2 heterocycles. The summed E-state index contributed by atoms with van der Waals surface area (Å²) in [5.74, 6) is -2.02. The lowest BCUT2D eigenvalue weighted by Gasteiger charge is -2.46. The fourth-order valence-corrected chi connectivity index (χ4v) is 6.69. The van der Waals surface area contributed by atoms with Gasteiger partial charge in [0.15, 0.2) is 17.9 Å². The van der Waals surface area contributed by atoms with Gasteiger partial charge in [0.1, 0.15) is 11.5 Å². The summed E-state index contributed by atoms with van der Waals surface area (Å²) in [4.78, 5) is 28.9. The highest BCUT2D eigenvalue weighted by molar-refractivity contribution is 6.30. The van der Waals surface area contributed by atoms with Gasteiger partial charge >= 0.3 is 0 Å². The number of benzene rings is 2. The van der Waals surface area contributed by atoms with Crippen LogP contribution in [0.2, 0.25) is 0 Å². The summed E-state index contributed by atoms with van der Waals surface area (Å²) >= 11 is 0. The number of morpholine rings is 1. The molecule has 0 bridgehead atoms. The molecule has 2 fully saturated rings. The number of carbonyl (C=O) groups excluding carboxylic acids is 2. The van der Waals surface area contributed by atoms with E-state index in [1.165, 1.54) is 12.1 Å². The molecule has 2 aliphatic heterocycles. The molecule has 2 saturated heterocycles. The van der Waals surface area contributed by atoms with E-state index in [9.17, 15) is 30.0 Å². The molecule has 2 aliphatic carbocycles. The third kappa shape index (κ3) is 4.35. The van der Waals surface area contributed by atoms with E-state index in [2.05, 4.69) is 4.90 Å². The second kappa shape index (κ2) is 9.65. The Morgan fingerprint density at radius 2 is 1.64 bits per heavy atom. The van der Waals surface area contributed by atoms with Crippen LogP contribution in [-0.4, -0.2) is 93.3 Å². The van der Waals surface area contributed by atoms with Crippen LogP contribution in [-0.2, 0) is 20.6 Å². The van der Waals surface area contributed by atoms with Gasteiger partial charge in [0.05, 0.1) is 54.3 Å². The van der Waals surface area contributed by atoms with Crippen LogP contribution in [0.25, 0.3) is 0 Å². The summed E-state index contributed by atoms with van der Waals surface area (Å²) < 4.78 is 17.9. The van der Waals surface area contributed by atoms with Crippen LogP contribution in [0.3, 0.4) is 0 Å². The van der Waals surface area contributed by atoms with Crippen LogP contribution < -0.4 is 0 Å². The smallest absolute Gasteiger partial charge is 0.198 e. The Balaban J connectivity index is 1.35. The summed E-state index contributed by atoms with van der Waals surface area (Å²) in [6, 6.07) is 6.04. The number of aliphatic hydroxyl groups is 2. The van der Waals surface area contributed by atoms with Crippen LogP contribution >= 0.6 is 0 Å². The van der Waals surface area contributed by atoms with Crippen LogP contribution in [0.5, 0.6) is 11.5 Å². The maximum absolute atomic E-state index is 13.4. The molecule has 0 spiro atoms. The second-order valence-corrected chi connectivity index (χ2v) is 11.3. The largest absolute Gasteiger partial charge is 0.507 e. The van der Waals surface area contributed by atoms with Gasteiger partial charge in [-0.15, -0.1) is 0 Å². The number of phenolic OH excluding ortho intramolecular Hbond substituents is 2. The molecule has 6 atom stereocenters. The molecule has 2 aromatic rings. The van der Waals surface area contributed by atoms with E-state index in [1.807, 2.05) is 6.92 Å². The topological polar surface area (TPSA) is 146 Å². The monoisotopic (exact) mass is 539 g/mol. The molecule has 0 aromatic heterocycles. The van der Waals surface area contributed by atoms with E-state index < -0.39 is 47.2 Å². The molecular weight excluding hydrogens is 506 g/mol. The van der Waals surface area contributed by atoms with Crippen molar-refractivity contribution in [2.45, 2.75) is 69.4 Å². The van der Waals surface area contributed by atoms with E-state index in [1.54, 1.807) is 19.1 Å². The van der Waals surface area contributed by atoms with Crippen LogP contribution in [0.4, 0.5) is 0 Å². The van der Waals surface area contributed by atoms with Crippen molar-refractivity contribution in [1.29, 1.82) is 0 Å². The number of rotatable bonds is 3. The molecule has 208 valence electrons. The highest BCUT2D eigenvalue weighted by Crippen LogP contribution is 2.51. The van der Waals surface area contributed by atoms with Crippen molar-refractivity contribution in [1.82, 2.24) is 4.90 Å². The van der Waals surface area contributed by atoms with E-state index >= 15 is 0 Å². The van der Waals surface area contributed by atoms with Gasteiger partial charge in [0.2, 0.25) is 0 Å². The number of hydrogen-bond donors (Lipinski definition) is 4. The minimum absolute atomic E-state index is 0.0434. The van der Waals surface area contributed by atoms with E-state index in [0.29, 0.717) is 26.3 Å². The number of aliphatic hydroxyl groups excluding tert-OH is 1. The fourth-order valence-electron chi connectivity index (χ4n) is 6.69. The van der Waals surface area contributed by atoms with E-state index in [-0.39, 0.29) is 64.8 Å². The second-order valence-electron chi connectivity index (χ2n) is 11.3. The Morgan fingerprint density at radius 1 is 1.03 bits per heavy atom. The van der Waals surface area contributed by atoms with Gasteiger partial charge in [-0.05, 0) is 13.8 Å². The van der Waals surface area contributed by atoms with Crippen molar-refractivity contribution in [3.8, 4) is 11.5 Å². The molecule has 0 amide bonds. The van der Waals surface area contributed by atoms with E-state index in [0.717, 1.165) is 0 Å². The molecule has 4 N–H and O–H groups in total. The normalized spacial score (nSPS) is 32.9. The van der Waals surface area contributed by atoms with Crippen molar-refractivity contribution in [3.63, 3.8) is 0 Å². The maximum Gasteiger partial charge on any atom is 0.198 e. The highest BCUT2D eigenvalue weighted by Gasteiger charge is 2.46. The molecule has 10 nitrogen and oxygen atoms in total. The lowest BCUT2D eigenvalue weighted by molar-refractivity contribution is -0.259. The Bertz CT molecular complexity index is 1320. The average molecular weight is 540 g/mol. The first-order chi connectivity index (χ1) is 18.6. The molecule has 2 aromatic carbocycles. The predicted octanol–water partition coefficient (Wildman–Crippen LogP) is 1.82. The summed E-state index contributed by atoms with van der Waals surface area (Å²) in [7, 11) is 0. The molecule has 0 saturated carbocycles. The lowest BCUT2D eigenvalue weighted by atomic mass is 9.73. The summed E-state index contributed by atoms with van der Waals surface area (Å²) in [5, 5.41) is 44.9. The van der Waals surface area contributed by atoms with Gasteiger partial charge in [0.25, 0.3) is 0 Å². The van der Waals surface area contributed by atoms with Gasteiger partial charge in [0, 0.05) is 54.6 Å². The third-order valence-electron chi connectivity index (χ3n) is 8.42. The number of carbonyl (C=O) groups is 2. The number of nitrogens with zero attached hydrogens (tertiary/aromatic N) is 1. The number of ether oxygens (including phenoxy) is 3. The average Bonchev–Trinajstić information content (AvgIpc) is 2.89. The number of fused-ring (bicyclic) bond motifs is 3. The number of phenols is 2. The van der Waals surface area contributed by atoms with Gasteiger partial charge in [-0.3, -0.25) is 14.5 Å². The van der Waals surface area contributed by atoms with Gasteiger partial charge < -0.3 is 34.6 Å². The zero-order valence-corrected chi connectivity index (χ0v) is 21.9. The standard InChI is InChI=1S/C29H33NO9/c1-14-24(30-7-9-37-10-8-30)18(31)11-20(38-14)39-19-13-29(2,36)12-17-21(19)28(35)23-22(27(17)34)25(32)15-5-3-4-6-16(15)26(23)33/h3-6,14,18-20,24,31,34-36H,7-13H2,1-2H3/t14-,18-,19-,20-,24+,29-/m0/s1. The van der Waals surface area contributed by atoms with Crippen molar-refractivity contribution >= 4 is 11.6 Å². The molecule has 4 aliphatic rings. The minimum atomic E-state index is -1.34. The summed E-state index contributed by atoms with van der Waals surface area (Å²) in [6.07, 6.45) is -2.81. The van der Waals surface area contributed by atoms with Crippen molar-refractivity contribution in [2.75, 3.05) is 26.3 Å². The highest BCUT2D eigenvalue weighted by atomic mass is 16.7. The third-order valence-corrected chi connectivity index (χ3v) is 8.42. The number of ketones is 2. The first kappa shape index (κ1) is 26.4.